The summed E-state index contributed by atoms with van der Waals surface area (Å²) >= 11 is 0. The lowest BCUT2D eigenvalue weighted by Crippen LogP contribution is -2.58. The first-order valence-corrected chi connectivity index (χ1v) is 8.97. The summed E-state index contributed by atoms with van der Waals surface area (Å²) < 4.78 is 28.3. The van der Waals surface area contributed by atoms with E-state index >= 15 is 0 Å². The Morgan fingerprint density at radius 1 is 1.07 bits per heavy atom. The monoisotopic (exact) mass is 410 g/mol. The molecule has 0 spiro atoms. The Bertz CT molecular complexity index is 1310. The summed E-state index contributed by atoms with van der Waals surface area (Å²) in [5, 5.41) is 14.4. The number of carboxylic acid groups (broad SMARTS) is 1. The molecule has 1 fully saturated rings. The minimum Gasteiger partial charge on any atom is -0.478 e. The summed E-state index contributed by atoms with van der Waals surface area (Å²) in [4.78, 5) is 42.8. The number of amides is 1. The van der Waals surface area contributed by atoms with Gasteiger partial charge in [0.15, 0.2) is 11.5 Å². The van der Waals surface area contributed by atoms with Crippen molar-refractivity contribution in [1.82, 2.24) is 14.8 Å². The van der Waals surface area contributed by atoms with E-state index in [1.54, 1.807) is 0 Å². The Balaban J connectivity index is 1.88. The molecular weight excluding hydrogens is 398 g/mol. The molecule has 3 heterocycles. The second kappa shape index (κ2) is 6.02. The smallest absolute Gasteiger partial charge is 0.353 e. The molecule has 2 aliphatic rings. The minimum atomic E-state index is -1.95. The van der Waals surface area contributed by atoms with Crippen molar-refractivity contribution in [2.45, 2.75) is 18.5 Å². The number of carbonyl (C=O) groups excluding carboxylic acids is 1. The zero-order valence-corrected chi connectivity index (χ0v) is 15.2. The first kappa shape index (κ1) is 18.1. The Morgan fingerprint density at radius 3 is 2.47 bits per heavy atom. The van der Waals surface area contributed by atoms with Crippen molar-refractivity contribution in [2.24, 2.45) is 0 Å². The fourth-order valence-corrected chi connectivity index (χ4v) is 4.03. The van der Waals surface area contributed by atoms with Crippen LogP contribution in [0.5, 0.6) is 0 Å². The van der Waals surface area contributed by atoms with Gasteiger partial charge in [-0.1, -0.05) is 0 Å². The highest BCUT2D eigenvalue weighted by molar-refractivity contribution is 6.07. The van der Waals surface area contributed by atoms with Crippen molar-refractivity contribution in [3.05, 3.63) is 64.5 Å². The van der Waals surface area contributed by atoms with Crippen molar-refractivity contribution < 1.29 is 23.5 Å². The number of aromatic nitrogens is 3. The second-order valence-corrected chi connectivity index (χ2v) is 7.02. The minimum absolute atomic E-state index is 0.0809. The molecule has 1 saturated heterocycles. The Kier molecular flexibility index (Phi) is 3.63. The van der Waals surface area contributed by atoms with Gasteiger partial charge in [-0.05, 0) is 42.5 Å². The maximum Gasteiger partial charge on any atom is 0.353 e. The molecule has 1 atom stereocenters. The van der Waals surface area contributed by atoms with E-state index in [9.17, 15) is 28.3 Å². The van der Waals surface area contributed by atoms with Crippen LogP contribution in [0.1, 0.15) is 12.8 Å². The number of anilines is 1. The van der Waals surface area contributed by atoms with Gasteiger partial charge in [0, 0.05) is 24.0 Å². The van der Waals surface area contributed by atoms with Crippen LogP contribution >= 0.6 is 0 Å². The molecular formula is C20H12F2N4O4. The fraction of sp³-hybridized carbons (Fsp3) is 0.150. The molecule has 0 radical (unpaired) electrons. The molecule has 1 N–H and O–H groups in total. The molecule has 2 aliphatic heterocycles. The van der Waals surface area contributed by atoms with E-state index < -0.39 is 34.7 Å². The number of hydrogen-bond acceptors (Lipinski definition) is 5. The van der Waals surface area contributed by atoms with Gasteiger partial charge in [-0.3, -0.25) is 14.5 Å². The molecule has 10 heteroatoms. The van der Waals surface area contributed by atoms with Crippen LogP contribution in [-0.4, -0.2) is 31.7 Å². The van der Waals surface area contributed by atoms with Crippen LogP contribution < -0.4 is 10.5 Å². The molecule has 2 aromatic carbocycles. The van der Waals surface area contributed by atoms with Gasteiger partial charge in [0.1, 0.15) is 11.6 Å². The molecule has 0 aliphatic carbocycles. The number of nitrogens with zero attached hydrogens (tertiary/aromatic N) is 4. The van der Waals surface area contributed by atoms with E-state index in [1.807, 2.05) is 0 Å². The number of halogens is 2. The molecule has 30 heavy (non-hydrogen) atoms. The highest BCUT2D eigenvalue weighted by atomic mass is 19.1. The van der Waals surface area contributed by atoms with Gasteiger partial charge in [-0.2, -0.15) is 10.1 Å². The topological polar surface area (TPSA) is 105 Å². The van der Waals surface area contributed by atoms with Crippen LogP contribution in [0.15, 0.2) is 47.3 Å². The lowest BCUT2D eigenvalue weighted by molar-refractivity contribution is -0.148. The van der Waals surface area contributed by atoms with E-state index in [0.29, 0.717) is 0 Å². The fourth-order valence-electron chi connectivity index (χ4n) is 4.03. The van der Waals surface area contributed by atoms with Crippen LogP contribution in [0.3, 0.4) is 0 Å². The second-order valence-electron chi connectivity index (χ2n) is 7.02. The van der Waals surface area contributed by atoms with Crippen LogP contribution in [0.25, 0.3) is 22.6 Å². The maximum atomic E-state index is 14.0. The average Bonchev–Trinajstić information content (AvgIpc) is 3.07. The van der Waals surface area contributed by atoms with Crippen LogP contribution in [0.2, 0.25) is 0 Å². The average molecular weight is 410 g/mol. The molecule has 3 aromatic rings. The Hall–Kier alpha value is -3.95. The Morgan fingerprint density at radius 2 is 1.77 bits per heavy atom. The quantitative estimate of drug-likeness (QED) is 0.694. The van der Waals surface area contributed by atoms with Crippen molar-refractivity contribution in [1.29, 1.82) is 0 Å². The third-order valence-corrected chi connectivity index (χ3v) is 5.37. The molecule has 1 amide bonds. The summed E-state index contributed by atoms with van der Waals surface area (Å²) in [5.74, 6) is -3.17. The van der Waals surface area contributed by atoms with E-state index in [4.69, 9.17) is 0 Å². The zero-order valence-electron chi connectivity index (χ0n) is 15.2. The third kappa shape index (κ3) is 2.27. The van der Waals surface area contributed by atoms with E-state index in [1.165, 1.54) is 18.2 Å². The summed E-state index contributed by atoms with van der Waals surface area (Å²) in [7, 11) is 0. The maximum absolute atomic E-state index is 14.0. The summed E-state index contributed by atoms with van der Waals surface area (Å²) in [6.45, 7) is 0. The van der Waals surface area contributed by atoms with Gasteiger partial charge in [-0.15, -0.1) is 0 Å². The SMILES string of the molecule is O=C1CC[C@]2(C(=O)O)N1c1ccc(F)cc1-c1nc(=O)c(-c3ccc(F)cc3)nn12. The first-order valence-electron chi connectivity index (χ1n) is 8.97. The Labute approximate surface area is 167 Å². The van der Waals surface area contributed by atoms with Crippen molar-refractivity contribution in [2.75, 3.05) is 4.90 Å². The number of carbonyl (C=O) groups is 2. The van der Waals surface area contributed by atoms with Gasteiger partial charge in [-0.25, -0.2) is 18.3 Å². The predicted octanol–water partition coefficient (Wildman–Crippen LogP) is 2.13. The molecule has 5 rings (SSSR count). The van der Waals surface area contributed by atoms with Gasteiger partial charge >= 0.3 is 5.97 Å². The largest absolute Gasteiger partial charge is 0.478 e. The highest BCUT2D eigenvalue weighted by Gasteiger charge is 2.58. The molecule has 1 aromatic heterocycles. The van der Waals surface area contributed by atoms with Crippen molar-refractivity contribution in [3.63, 3.8) is 0 Å². The number of aliphatic carboxylic acids is 1. The third-order valence-electron chi connectivity index (χ3n) is 5.37. The zero-order chi connectivity index (χ0) is 21.2. The van der Waals surface area contributed by atoms with Crippen LogP contribution in [0.4, 0.5) is 14.5 Å². The standard InChI is InChI=1S/C20H12F2N4O4/c21-11-3-1-10(2-4-11)16-18(28)23-17-13-9-12(22)5-6-14(13)25-15(27)7-8-20(25,19(29)30)26(17)24-16/h1-6,9H,7-8H2,(H,29,30)/t20-/m0/s1. The van der Waals surface area contributed by atoms with E-state index in [-0.39, 0.29) is 41.2 Å². The summed E-state index contributed by atoms with van der Waals surface area (Å²) in [5.41, 5.74) is -2.50. The molecule has 0 unspecified atom stereocenters. The lowest BCUT2D eigenvalue weighted by Gasteiger charge is -2.41. The van der Waals surface area contributed by atoms with Crippen molar-refractivity contribution in [3.8, 4) is 22.6 Å². The molecule has 150 valence electrons. The predicted molar refractivity (Wildman–Crippen MR) is 99.4 cm³/mol. The van der Waals surface area contributed by atoms with Gasteiger partial charge in [0.2, 0.25) is 11.6 Å². The lowest BCUT2D eigenvalue weighted by atomic mass is 10.00. The normalized spacial score (nSPS) is 19.3. The van der Waals surface area contributed by atoms with Gasteiger partial charge < -0.3 is 5.11 Å². The van der Waals surface area contributed by atoms with Gasteiger partial charge in [0.05, 0.1) is 5.69 Å². The summed E-state index contributed by atoms with van der Waals surface area (Å²) in [6, 6.07) is 8.35. The van der Waals surface area contributed by atoms with Gasteiger partial charge in [0.25, 0.3) is 5.56 Å². The number of carboxylic acids is 1. The van der Waals surface area contributed by atoms with Crippen molar-refractivity contribution >= 4 is 17.6 Å². The summed E-state index contributed by atoms with van der Waals surface area (Å²) in [6.07, 6.45) is -0.201. The van der Waals surface area contributed by atoms with E-state index in [2.05, 4.69) is 10.1 Å². The molecule has 0 bridgehead atoms. The number of benzene rings is 2. The number of rotatable bonds is 2. The highest BCUT2D eigenvalue weighted by Crippen LogP contribution is 2.48. The van der Waals surface area contributed by atoms with E-state index in [0.717, 1.165) is 33.8 Å². The number of hydrogen-bond donors (Lipinski definition) is 1. The first-order chi connectivity index (χ1) is 14.3. The molecule has 0 saturated carbocycles. The van der Waals surface area contributed by atoms with Crippen LogP contribution in [-0.2, 0) is 15.3 Å². The number of fused-ring (bicyclic) bond motifs is 6. The van der Waals surface area contributed by atoms with Crippen LogP contribution in [0, 0.1) is 11.6 Å². The molecule has 8 nitrogen and oxygen atoms in total.